The van der Waals surface area contributed by atoms with Crippen molar-refractivity contribution in [2.45, 2.75) is 18.4 Å². The fourth-order valence-corrected chi connectivity index (χ4v) is 3.87. The molecule has 0 aliphatic heterocycles. The molecule has 0 atom stereocenters. The molecule has 124 valence electrons. The number of hydrogen-bond acceptors (Lipinski definition) is 5. The number of rotatable bonds is 5. The van der Waals surface area contributed by atoms with E-state index >= 15 is 0 Å². The van der Waals surface area contributed by atoms with Crippen molar-refractivity contribution in [3.8, 4) is 0 Å². The quantitative estimate of drug-likeness (QED) is 0.542. The van der Waals surface area contributed by atoms with Gasteiger partial charge in [-0.05, 0) is 24.6 Å². The first-order valence-electron chi connectivity index (χ1n) is 7.18. The van der Waals surface area contributed by atoms with Gasteiger partial charge in [-0.15, -0.1) is 11.3 Å². The molecule has 0 spiro atoms. The Morgan fingerprint density at radius 1 is 1.29 bits per heavy atom. The van der Waals surface area contributed by atoms with Gasteiger partial charge in [0.05, 0.1) is 5.75 Å². The summed E-state index contributed by atoms with van der Waals surface area (Å²) in [5.41, 5.74) is -0.431. The molecule has 0 radical (unpaired) electrons. The highest BCUT2D eigenvalue weighted by Gasteiger charge is 2.14. The van der Waals surface area contributed by atoms with Gasteiger partial charge in [0.2, 0.25) is 5.91 Å². The third kappa shape index (κ3) is 3.54. The fraction of sp³-hybridized carbons (Fsp3) is 0.188. The molecule has 0 bridgehead atoms. The van der Waals surface area contributed by atoms with Crippen LogP contribution in [0.15, 0.2) is 35.6 Å². The summed E-state index contributed by atoms with van der Waals surface area (Å²) in [5.74, 6) is -2.11. The molecule has 4 nitrogen and oxygen atoms in total. The number of hydrogen-bond donors (Lipinski definition) is 1. The smallest absolute Gasteiger partial charge is 0.234 e. The van der Waals surface area contributed by atoms with Crippen LogP contribution in [0.2, 0.25) is 0 Å². The van der Waals surface area contributed by atoms with E-state index < -0.39 is 23.2 Å². The number of thiophene rings is 1. The molecule has 2 heterocycles. The van der Waals surface area contributed by atoms with Crippen LogP contribution in [0.4, 0.5) is 14.5 Å². The number of carbonyl (C=O) groups is 1. The Hall–Kier alpha value is -2.06. The average molecular weight is 365 g/mol. The van der Waals surface area contributed by atoms with E-state index in [1.54, 1.807) is 11.3 Å². The number of amides is 1. The second-order valence-corrected chi connectivity index (χ2v) is 6.98. The zero-order chi connectivity index (χ0) is 17.1. The second-order valence-electron chi connectivity index (χ2n) is 4.90. The summed E-state index contributed by atoms with van der Waals surface area (Å²) in [5, 5.41) is 3.84. The van der Waals surface area contributed by atoms with E-state index in [0.29, 0.717) is 5.03 Å². The first kappa shape index (κ1) is 16.8. The third-order valence-corrected chi connectivity index (χ3v) is 5.45. The van der Waals surface area contributed by atoms with Crippen molar-refractivity contribution in [2.24, 2.45) is 0 Å². The van der Waals surface area contributed by atoms with Gasteiger partial charge in [-0.3, -0.25) is 4.79 Å². The number of nitrogens with one attached hydrogen (secondary N) is 1. The lowest BCUT2D eigenvalue weighted by molar-refractivity contribution is -0.113. The molecule has 0 saturated heterocycles. The normalized spacial score (nSPS) is 11.0. The van der Waals surface area contributed by atoms with Gasteiger partial charge in [-0.25, -0.2) is 18.7 Å². The van der Waals surface area contributed by atoms with E-state index in [-0.39, 0.29) is 5.75 Å². The lowest BCUT2D eigenvalue weighted by atomic mass is 10.3. The van der Waals surface area contributed by atoms with Crippen molar-refractivity contribution in [3.63, 3.8) is 0 Å². The molecule has 0 aliphatic carbocycles. The van der Waals surface area contributed by atoms with E-state index in [9.17, 15) is 13.6 Å². The zero-order valence-electron chi connectivity index (χ0n) is 12.7. The van der Waals surface area contributed by atoms with E-state index in [2.05, 4.69) is 22.2 Å². The van der Waals surface area contributed by atoms with Crippen LogP contribution in [0.1, 0.15) is 11.8 Å². The number of anilines is 1. The number of fused-ring (bicyclic) bond motifs is 1. The number of halogens is 2. The van der Waals surface area contributed by atoms with Crippen molar-refractivity contribution in [2.75, 3.05) is 11.1 Å². The minimum Gasteiger partial charge on any atom is -0.320 e. The average Bonchev–Trinajstić information content (AvgIpc) is 3.00. The van der Waals surface area contributed by atoms with Crippen molar-refractivity contribution < 1.29 is 13.6 Å². The summed E-state index contributed by atoms with van der Waals surface area (Å²) in [6.07, 6.45) is 2.35. The van der Waals surface area contributed by atoms with Crippen LogP contribution in [0.25, 0.3) is 10.2 Å². The van der Waals surface area contributed by atoms with E-state index in [1.807, 2.05) is 6.07 Å². The van der Waals surface area contributed by atoms with Crippen LogP contribution in [0.3, 0.4) is 0 Å². The number of aromatic nitrogens is 2. The SMILES string of the molecule is CCc1cc2c(SCC(=O)Nc3c(F)cccc3F)ncnc2s1. The van der Waals surface area contributed by atoms with Crippen LogP contribution in [-0.2, 0) is 11.2 Å². The van der Waals surface area contributed by atoms with Gasteiger partial charge in [0.25, 0.3) is 0 Å². The highest BCUT2D eigenvalue weighted by molar-refractivity contribution is 8.00. The van der Waals surface area contributed by atoms with E-state index in [1.165, 1.54) is 29.0 Å². The minimum atomic E-state index is -0.803. The topological polar surface area (TPSA) is 54.9 Å². The summed E-state index contributed by atoms with van der Waals surface area (Å²) in [6, 6.07) is 5.44. The molecular weight excluding hydrogens is 352 g/mol. The molecule has 24 heavy (non-hydrogen) atoms. The van der Waals surface area contributed by atoms with Gasteiger partial charge in [0.15, 0.2) is 0 Å². The Balaban J connectivity index is 1.72. The summed E-state index contributed by atoms with van der Waals surface area (Å²) in [4.78, 5) is 22.5. The molecule has 3 rings (SSSR count). The lowest BCUT2D eigenvalue weighted by Gasteiger charge is -2.07. The van der Waals surface area contributed by atoms with Crippen molar-refractivity contribution in [1.82, 2.24) is 9.97 Å². The van der Waals surface area contributed by atoms with Crippen LogP contribution in [0, 0.1) is 11.6 Å². The molecule has 8 heteroatoms. The van der Waals surface area contributed by atoms with Crippen LogP contribution in [-0.4, -0.2) is 21.6 Å². The first-order valence-corrected chi connectivity index (χ1v) is 8.98. The number of para-hydroxylation sites is 1. The molecule has 1 N–H and O–H groups in total. The first-order chi connectivity index (χ1) is 11.6. The molecule has 0 aliphatic rings. The van der Waals surface area contributed by atoms with Crippen LogP contribution >= 0.6 is 23.1 Å². The van der Waals surface area contributed by atoms with E-state index in [4.69, 9.17) is 0 Å². The number of carbonyl (C=O) groups excluding carboxylic acids is 1. The van der Waals surface area contributed by atoms with Gasteiger partial charge in [0, 0.05) is 10.3 Å². The second kappa shape index (κ2) is 7.23. The number of thioether (sulfide) groups is 1. The monoisotopic (exact) mass is 365 g/mol. The van der Waals surface area contributed by atoms with Crippen LogP contribution < -0.4 is 5.32 Å². The zero-order valence-corrected chi connectivity index (χ0v) is 14.3. The highest BCUT2D eigenvalue weighted by Crippen LogP contribution is 2.31. The maximum absolute atomic E-state index is 13.5. The number of aryl methyl sites for hydroxylation is 1. The molecule has 2 aromatic heterocycles. The standard InChI is InChI=1S/C16H13F2N3OS2/c1-2-9-6-10-15(19-8-20-16(10)24-9)23-7-13(22)21-14-11(17)4-3-5-12(14)18/h3-6,8H,2,7H2,1H3,(H,21,22). The molecule has 1 aromatic carbocycles. The van der Waals surface area contributed by atoms with Gasteiger partial charge in [-0.2, -0.15) is 0 Å². The van der Waals surface area contributed by atoms with Gasteiger partial charge in [0.1, 0.15) is 33.5 Å². The van der Waals surface area contributed by atoms with Gasteiger partial charge >= 0.3 is 0 Å². The van der Waals surface area contributed by atoms with Crippen molar-refractivity contribution in [3.05, 3.63) is 47.1 Å². The van der Waals surface area contributed by atoms with E-state index in [0.717, 1.165) is 28.8 Å². The Bertz CT molecular complexity index is 878. The van der Waals surface area contributed by atoms with Crippen molar-refractivity contribution in [1.29, 1.82) is 0 Å². The number of benzene rings is 1. The molecular formula is C16H13F2N3OS2. The molecule has 3 aromatic rings. The predicted molar refractivity (Wildman–Crippen MR) is 92.5 cm³/mol. The fourth-order valence-electron chi connectivity index (χ4n) is 2.10. The van der Waals surface area contributed by atoms with Crippen molar-refractivity contribution >= 4 is 44.9 Å². The molecule has 1 amide bonds. The Labute approximate surface area is 145 Å². The highest BCUT2D eigenvalue weighted by atomic mass is 32.2. The number of nitrogens with zero attached hydrogens (tertiary/aromatic N) is 2. The maximum atomic E-state index is 13.5. The molecule has 0 unspecified atom stereocenters. The molecule has 0 saturated carbocycles. The van der Waals surface area contributed by atoms with Gasteiger partial charge in [-0.1, -0.05) is 24.8 Å². The summed E-state index contributed by atoms with van der Waals surface area (Å²) in [7, 11) is 0. The maximum Gasteiger partial charge on any atom is 0.234 e. The van der Waals surface area contributed by atoms with Gasteiger partial charge < -0.3 is 5.32 Å². The Morgan fingerprint density at radius 2 is 2.04 bits per heavy atom. The third-order valence-electron chi connectivity index (χ3n) is 3.26. The van der Waals surface area contributed by atoms with Crippen LogP contribution in [0.5, 0.6) is 0 Å². The summed E-state index contributed by atoms with van der Waals surface area (Å²) >= 11 is 2.80. The lowest BCUT2D eigenvalue weighted by Crippen LogP contribution is -2.16. The molecule has 0 fully saturated rings. The minimum absolute atomic E-state index is 0.00279. The Kier molecular flexibility index (Phi) is 5.06. The predicted octanol–water partition coefficient (Wildman–Crippen LogP) is 4.26. The summed E-state index contributed by atoms with van der Waals surface area (Å²) < 4.78 is 27.1. The Morgan fingerprint density at radius 3 is 2.75 bits per heavy atom. The summed E-state index contributed by atoms with van der Waals surface area (Å²) in [6.45, 7) is 2.06. The largest absolute Gasteiger partial charge is 0.320 e.